The minimum Gasteiger partial charge on any atom is -0.506 e. The minimum atomic E-state index is -0.294. The first-order valence-electron chi connectivity index (χ1n) is 4.78. The molecule has 5 nitrogen and oxygen atoms in total. The highest BCUT2D eigenvalue weighted by molar-refractivity contribution is 5.94. The fourth-order valence-corrected chi connectivity index (χ4v) is 1.53. The summed E-state index contributed by atoms with van der Waals surface area (Å²) in [4.78, 5) is 15.3. The van der Waals surface area contributed by atoms with Gasteiger partial charge in [-0.15, -0.1) is 0 Å². The average molecular weight is 208 g/mol. The highest BCUT2D eigenvalue weighted by atomic mass is 16.3. The van der Waals surface area contributed by atoms with Crippen LogP contribution in [0.15, 0.2) is 18.5 Å². The van der Waals surface area contributed by atoms with E-state index in [9.17, 15) is 4.79 Å². The van der Waals surface area contributed by atoms with Crippen LogP contribution in [0.5, 0.6) is 5.75 Å². The molecule has 0 spiro atoms. The van der Waals surface area contributed by atoms with Crippen molar-refractivity contribution in [2.45, 2.75) is 25.0 Å². The van der Waals surface area contributed by atoms with E-state index in [2.05, 4.69) is 10.3 Å². The van der Waals surface area contributed by atoms with Crippen LogP contribution >= 0.6 is 0 Å². The van der Waals surface area contributed by atoms with Gasteiger partial charge >= 0.3 is 0 Å². The molecule has 1 aliphatic carbocycles. The molecule has 2 rings (SSSR count). The Hall–Kier alpha value is -1.62. The lowest BCUT2D eigenvalue weighted by Gasteiger charge is -2.31. The zero-order chi connectivity index (χ0) is 10.8. The second kappa shape index (κ2) is 3.86. The van der Waals surface area contributed by atoms with Crippen LogP contribution in [0.25, 0.3) is 0 Å². The highest BCUT2D eigenvalue weighted by Gasteiger charge is 2.28. The van der Waals surface area contributed by atoms with Crippen LogP contribution in [0.1, 0.15) is 23.2 Å². The number of carbonyl (C=O) groups is 1. The monoisotopic (exact) mass is 208 g/mol. The molecule has 1 heterocycles. The zero-order valence-corrected chi connectivity index (χ0v) is 8.05. The second-order valence-electron chi connectivity index (χ2n) is 3.73. The molecular formula is C10H12N2O3. The summed E-state index contributed by atoms with van der Waals surface area (Å²) in [7, 11) is 0. The lowest BCUT2D eigenvalue weighted by molar-refractivity contribution is 0.0562. The third kappa shape index (κ3) is 2.24. The number of nitrogens with zero attached hydrogens (tertiary/aromatic N) is 1. The Kier molecular flexibility index (Phi) is 2.55. The van der Waals surface area contributed by atoms with Crippen molar-refractivity contribution in [3.05, 3.63) is 24.0 Å². The van der Waals surface area contributed by atoms with Crippen LogP contribution in [0.3, 0.4) is 0 Å². The maximum Gasteiger partial charge on any atom is 0.253 e. The lowest BCUT2D eigenvalue weighted by atomic mass is 9.89. The molecule has 3 N–H and O–H groups in total. The predicted octanol–water partition coefficient (Wildman–Crippen LogP) is 0.0403. The van der Waals surface area contributed by atoms with Crippen LogP contribution in [0.4, 0.5) is 0 Å². The Morgan fingerprint density at radius 1 is 1.47 bits per heavy atom. The molecule has 0 atom stereocenters. The number of pyridine rings is 1. The van der Waals surface area contributed by atoms with Gasteiger partial charge in [0.25, 0.3) is 5.91 Å². The van der Waals surface area contributed by atoms with Crippen LogP contribution < -0.4 is 5.32 Å². The molecule has 0 bridgehead atoms. The maximum absolute atomic E-state index is 11.6. The first-order chi connectivity index (χ1) is 7.15. The van der Waals surface area contributed by atoms with Crippen molar-refractivity contribution in [1.29, 1.82) is 0 Å². The minimum absolute atomic E-state index is 0.0312. The fraction of sp³-hybridized carbons (Fsp3) is 0.400. The molecule has 1 amide bonds. The van der Waals surface area contributed by atoms with Gasteiger partial charge in [-0.2, -0.15) is 0 Å². The van der Waals surface area contributed by atoms with Crippen molar-refractivity contribution in [2.24, 2.45) is 0 Å². The number of aromatic nitrogens is 1. The summed E-state index contributed by atoms with van der Waals surface area (Å²) in [5.41, 5.74) is 0.330. The molecule has 15 heavy (non-hydrogen) atoms. The van der Waals surface area contributed by atoms with Crippen molar-refractivity contribution >= 4 is 5.91 Å². The number of hydrogen-bond acceptors (Lipinski definition) is 4. The summed E-state index contributed by atoms with van der Waals surface area (Å²) < 4.78 is 0. The Bertz CT molecular complexity index is 375. The molecule has 0 unspecified atom stereocenters. The largest absolute Gasteiger partial charge is 0.506 e. The van der Waals surface area contributed by atoms with Crippen LogP contribution in [0, 0.1) is 0 Å². The van der Waals surface area contributed by atoms with Gasteiger partial charge < -0.3 is 15.5 Å². The normalized spacial score (nSPS) is 24.3. The molecule has 80 valence electrons. The number of aromatic hydroxyl groups is 1. The number of rotatable bonds is 2. The molecule has 1 fully saturated rings. The molecule has 1 saturated carbocycles. The van der Waals surface area contributed by atoms with E-state index in [0.717, 1.165) is 0 Å². The number of amides is 1. The molecule has 1 aromatic heterocycles. The number of hydrogen-bond donors (Lipinski definition) is 3. The fourth-order valence-electron chi connectivity index (χ4n) is 1.53. The number of carbonyl (C=O) groups excluding carboxylic acids is 1. The summed E-state index contributed by atoms with van der Waals surface area (Å²) in [5.74, 6) is -0.299. The number of aliphatic hydroxyl groups excluding tert-OH is 1. The van der Waals surface area contributed by atoms with Crippen molar-refractivity contribution in [1.82, 2.24) is 10.3 Å². The molecule has 1 aliphatic rings. The highest BCUT2D eigenvalue weighted by Crippen LogP contribution is 2.20. The van der Waals surface area contributed by atoms with E-state index >= 15 is 0 Å². The molecule has 5 heteroatoms. The quantitative estimate of drug-likeness (QED) is 0.641. The molecule has 1 aromatic rings. The van der Waals surface area contributed by atoms with Gasteiger partial charge in [-0.3, -0.25) is 9.78 Å². The third-order valence-corrected chi connectivity index (χ3v) is 2.43. The predicted molar refractivity (Wildman–Crippen MR) is 52.4 cm³/mol. The van der Waals surface area contributed by atoms with Crippen LogP contribution in [-0.2, 0) is 0 Å². The topological polar surface area (TPSA) is 82.5 Å². The summed E-state index contributed by atoms with van der Waals surface area (Å²) >= 11 is 0. The van der Waals surface area contributed by atoms with Gasteiger partial charge in [-0.05, 0) is 18.9 Å². The first kappa shape index (κ1) is 9.92. The van der Waals surface area contributed by atoms with E-state index in [1.54, 1.807) is 0 Å². The van der Waals surface area contributed by atoms with E-state index < -0.39 is 0 Å². The van der Waals surface area contributed by atoms with Gasteiger partial charge in [0.1, 0.15) is 5.75 Å². The second-order valence-corrected chi connectivity index (χ2v) is 3.73. The molecule has 0 aliphatic heterocycles. The van der Waals surface area contributed by atoms with Gasteiger partial charge in [0, 0.05) is 12.2 Å². The molecular weight excluding hydrogens is 196 g/mol. The van der Waals surface area contributed by atoms with Crippen molar-refractivity contribution in [3.63, 3.8) is 0 Å². The Morgan fingerprint density at radius 3 is 2.80 bits per heavy atom. The van der Waals surface area contributed by atoms with E-state index in [1.165, 1.54) is 18.5 Å². The maximum atomic E-state index is 11.6. The lowest BCUT2D eigenvalue weighted by Crippen LogP contribution is -2.46. The first-order valence-corrected chi connectivity index (χ1v) is 4.78. The summed E-state index contributed by atoms with van der Waals surface area (Å²) in [5, 5.41) is 20.9. The SMILES string of the molecule is O=C(NC1CC(O)C1)c1cncc(O)c1. The van der Waals surface area contributed by atoms with Gasteiger partial charge in [-0.25, -0.2) is 0 Å². The number of aliphatic hydroxyl groups is 1. The molecule has 0 aromatic carbocycles. The van der Waals surface area contributed by atoms with E-state index in [4.69, 9.17) is 10.2 Å². The summed E-state index contributed by atoms with van der Waals surface area (Å²) in [6.45, 7) is 0. The van der Waals surface area contributed by atoms with Crippen molar-refractivity contribution in [3.8, 4) is 5.75 Å². The van der Waals surface area contributed by atoms with Gasteiger partial charge in [0.2, 0.25) is 0 Å². The summed E-state index contributed by atoms with van der Waals surface area (Å²) in [6, 6.07) is 1.40. The Balaban J connectivity index is 1.96. The van der Waals surface area contributed by atoms with Gasteiger partial charge in [-0.1, -0.05) is 0 Å². The third-order valence-electron chi connectivity index (χ3n) is 2.43. The van der Waals surface area contributed by atoms with E-state index in [0.29, 0.717) is 18.4 Å². The molecule has 0 saturated heterocycles. The van der Waals surface area contributed by atoms with Crippen LogP contribution in [-0.4, -0.2) is 33.3 Å². The standard InChI is InChI=1S/C10H12N2O3/c13-8-2-7(3-8)12-10(15)6-1-9(14)5-11-4-6/h1,4-5,7-8,13-14H,2-3H2,(H,12,15). The average Bonchev–Trinajstić information content (AvgIpc) is 2.15. The van der Waals surface area contributed by atoms with Crippen LogP contribution in [0.2, 0.25) is 0 Å². The smallest absolute Gasteiger partial charge is 0.253 e. The van der Waals surface area contributed by atoms with Crippen molar-refractivity contribution < 1.29 is 15.0 Å². The van der Waals surface area contributed by atoms with Crippen molar-refractivity contribution in [2.75, 3.05) is 0 Å². The number of nitrogens with one attached hydrogen (secondary N) is 1. The molecule has 0 radical (unpaired) electrons. The summed E-state index contributed by atoms with van der Waals surface area (Å²) in [6.07, 6.45) is 3.56. The Morgan fingerprint density at radius 2 is 2.20 bits per heavy atom. The van der Waals surface area contributed by atoms with Gasteiger partial charge in [0.05, 0.1) is 17.9 Å². The zero-order valence-electron chi connectivity index (χ0n) is 8.05. The van der Waals surface area contributed by atoms with E-state index in [-0.39, 0.29) is 23.8 Å². The Labute approximate surface area is 86.8 Å². The van der Waals surface area contributed by atoms with Gasteiger partial charge in [0.15, 0.2) is 0 Å². The van der Waals surface area contributed by atoms with E-state index in [1.807, 2.05) is 0 Å².